The van der Waals surface area contributed by atoms with E-state index in [4.69, 9.17) is 9.47 Å². The van der Waals surface area contributed by atoms with Gasteiger partial charge in [0.05, 0.1) is 13.2 Å². The van der Waals surface area contributed by atoms with Crippen molar-refractivity contribution in [2.45, 2.75) is 182 Å². The first-order valence-electron chi connectivity index (χ1n) is 17.2. The summed E-state index contributed by atoms with van der Waals surface area (Å²) in [6.45, 7) is 10.1. The minimum atomic E-state index is -1.04. The highest BCUT2D eigenvalue weighted by Gasteiger charge is 2.50. The molecule has 230 valence electrons. The van der Waals surface area contributed by atoms with Gasteiger partial charge in [0.25, 0.3) is 0 Å². The second kappa shape index (κ2) is 23.6. The van der Waals surface area contributed by atoms with E-state index in [1.807, 2.05) is 0 Å². The van der Waals surface area contributed by atoms with Gasteiger partial charge < -0.3 is 9.47 Å². The van der Waals surface area contributed by atoms with Gasteiger partial charge in [0.15, 0.2) is 5.41 Å². The number of hydrogen-bond acceptors (Lipinski definition) is 4. The van der Waals surface area contributed by atoms with Gasteiger partial charge in [-0.1, -0.05) is 156 Å². The zero-order valence-electron chi connectivity index (χ0n) is 26.7. The van der Waals surface area contributed by atoms with Crippen LogP contribution in [0.5, 0.6) is 0 Å². The van der Waals surface area contributed by atoms with Crippen LogP contribution in [-0.4, -0.2) is 25.2 Å². The monoisotopic (exact) mass is 550 g/mol. The van der Waals surface area contributed by atoms with Gasteiger partial charge >= 0.3 is 11.9 Å². The second-order valence-corrected chi connectivity index (χ2v) is 13.3. The fourth-order valence-corrected chi connectivity index (χ4v) is 5.86. The van der Waals surface area contributed by atoms with E-state index < -0.39 is 5.41 Å². The molecule has 0 unspecified atom stereocenters. The topological polar surface area (TPSA) is 52.6 Å². The van der Waals surface area contributed by atoms with Crippen LogP contribution in [0.3, 0.4) is 0 Å². The van der Waals surface area contributed by atoms with E-state index in [9.17, 15) is 9.59 Å². The van der Waals surface area contributed by atoms with Crippen LogP contribution < -0.4 is 0 Å². The first-order valence-corrected chi connectivity index (χ1v) is 17.2. The minimum Gasteiger partial charge on any atom is -0.465 e. The van der Waals surface area contributed by atoms with Crippen molar-refractivity contribution in [1.82, 2.24) is 0 Å². The molecule has 0 aliphatic heterocycles. The molecule has 1 aliphatic rings. The highest BCUT2D eigenvalue weighted by atomic mass is 16.6. The lowest BCUT2D eigenvalue weighted by molar-refractivity contribution is -0.172. The summed E-state index contributed by atoms with van der Waals surface area (Å²) < 4.78 is 11.2. The maximum atomic E-state index is 12.9. The van der Waals surface area contributed by atoms with Crippen LogP contribution in [0.1, 0.15) is 182 Å². The van der Waals surface area contributed by atoms with Gasteiger partial charge in [-0.25, -0.2) is 0 Å². The Morgan fingerprint density at radius 1 is 0.487 bits per heavy atom. The van der Waals surface area contributed by atoms with Crippen LogP contribution in [0.4, 0.5) is 0 Å². The normalized spacial score (nSPS) is 14.8. The zero-order valence-corrected chi connectivity index (χ0v) is 26.7. The quantitative estimate of drug-likeness (QED) is 0.0610. The SMILES string of the molecule is CC(C)CCCCCCCCCCCOC(=O)C1(C(=O)OCCCCCCCCCCCC(C)C)CCCC1. The number of carbonyl (C=O) groups excluding carboxylic acids is 2. The summed E-state index contributed by atoms with van der Waals surface area (Å²) in [4.78, 5) is 25.8. The molecule has 0 radical (unpaired) electrons. The van der Waals surface area contributed by atoms with Gasteiger partial charge in [0.1, 0.15) is 0 Å². The first-order chi connectivity index (χ1) is 18.9. The molecule has 1 saturated carbocycles. The average molecular weight is 551 g/mol. The van der Waals surface area contributed by atoms with E-state index in [0.717, 1.165) is 50.4 Å². The van der Waals surface area contributed by atoms with Crippen LogP contribution in [-0.2, 0) is 19.1 Å². The molecule has 0 amide bonds. The third-order valence-corrected chi connectivity index (χ3v) is 8.56. The van der Waals surface area contributed by atoms with Crippen LogP contribution in [0.25, 0.3) is 0 Å². The summed E-state index contributed by atoms with van der Waals surface area (Å²) in [5.74, 6) is 0.994. The molecular formula is C35H66O4. The summed E-state index contributed by atoms with van der Waals surface area (Å²) in [7, 11) is 0. The van der Waals surface area contributed by atoms with Crippen molar-refractivity contribution in [1.29, 1.82) is 0 Å². The number of rotatable bonds is 26. The van der Waals surface area contributed by atoms with Crippen LogP contribution >= 0.6 is 0 Å². The van der Waals surface area contributed by atoms with Gasteiger partial charge in [-0.2, -0.15) is 0 Å². The molecule has 0 heterocycles. The van der Waals surface area contributed by atoms with Crippen LogP contribution in [0, 0.1) is 17.3 Å². The summed E-state index contributed by atoms with van der Waals surface area (Å²) in [5.41, 5.74) is -1.04. The van der Waals surface area contributed by atoms with E-state index >= 15 is 0 Å². The van der Waals surface area contributed by atoms with Crippen molar-refractivity contribution in [2.24, 2.45) is 17.3 Å². The molecule has 0 aromatic carbocycles. The Bertz CT molecular complexity index is 545. The third-order valence-electron chi connectivity index (χ3n) is 8.56. The molecule has 0 N–H and O–H groups in total. The smallest absolute Gasteiger partial charge is 0.323 e. The van der Waals surface area contributed by atoms with Gasteiger partial charge in [-0.3, -0.25) is 9.59 Å². The Morgan fingerprint density at radius 2 is 0.769 bits per heavy atom. The summed E-state index contributed by atoms with van der Waals surface area (Å²) in [6.07, 6.45) is 28.1. The predicted molar refractivity (Wildman–Crippen MR) is 165 cm³/mol. The summed E-state index contributed by atoms with van der Waals surface area (Å²) in [5, 5.41) is 0. The maximum absolute atomic E-state index is 12.9. The molecule has 0 atom stereocenters. The maximum Gasteiger partial charge on any atom is 0.323 e. The molecule has 4 nitrogen and oxygen atoms in total. The highest BCUT2D eigenvalue weighted by Crippen LogP contribution is 2.40. The van der Waals surface area contributed by atoms with Gasteiger partial charge in [0.2, 0.25) is 0 Å². The van der Waals surface area contributed by atoms with Gasteiger partial charge in [0, 0.05) is 0 Å². The molecule has 0 bridgehead atoms. The first kappa shape index (κ1) is 36.0. The number of unbranched alkanes of at least 4 members (excludes halogenated alkanes) is 16. The lowest BCUT2D eigenvalue weighted by Gasteiger charge is -2.24. The van der Waals surface area contributed by atoms with Crippen molar-refractivity contribution in [3.63, 3.8) is 0 Å². The van der Waals surface area contributed by atoms with E-state index in [1.165, 1.54) is 103 Å². The van der Waals surface area contributed by atoms with E-state index in [0.29, 0.717) is 26.1 Å². The van der Waals surface area contributed by atoms with Crippen molar-refractivity contribution < 1.29 is 19.1 Å². The molecule has 1 aliphatic carbocycles. The predicted octanol–water partition coefficient (Wildman–Crippen LogP) is 10.7. The fourth-order valence-electron chi connectivity index (χ4n) is 5.86. The molecule has 0 aromatic heterocycles. The van der Waals surface area contributed by atoms with Crippen molar-refractivity contribution in [3.05, 3.63) is 0 Å². The standard InChI is InChI=1S/C35H66O4/c1-31(2)25-19-15-11-7-5-9-13-17-23-29-38-33(36)35(27-21-22-28-35)34(37)39-30-24-18-14-10-6-8-12-16-20-26-32(3)4/h31-32H,5-30H2,1-4H3. The molecule has 0 saturated heterocycles. The number of esters is 2. The van der Waals surface area contributed by atoms with E-state index in [2.05, 4.69) is 27.7 Å². The largest absolute Gasteiger partial charge is 0.465 e. The molecule has 1 fully saturated rings. The Kier molecular flexibility index (Phi) is 21.8. The number of hydrogen-bond donors (Lipinski definition) is 0. The van der Waals surface area contributed by atoms with E-state index in [-0.39, 0.29) is 11.9 Å². The van der Waals surface area contributed by atoms with E-state index in [1.54, 1.807) is 0 Å². The minimum absolute atomic E-state index is 0.334. The molecule has 0 aromatic rings. The van der Waals surface area contributed by atoms with Crippen molar-refractivity contribution in [2.75, 3.05) is 13.2 Å². The molecule has 1 rings (SSSR count). The van der Waals surface area contributed by atoms with Crippen molar-refractivity contribution in [3.8, 4) is 0 Å². The Morgan fingerprint density at radius 3 is 1.08 bits per heavy atom. The van der Waals surface area contributed by atoms with Gasteiger partial charge in [-0.15, -0.1) is 0 Å². The average Bonchev–Trinajstić information content (AvgIpc) is 3.41. The molecular weight excluding hydrogens is 484 g/mol. The molecule has 4 heteroatoms. The second-order valence-electron chi connectivity index (χ2n) is 13.3. The highest BCUT2D eigenvalue weighted by molar-refractivity contribution is 6.00. The molecule has 0 spiro atoms. The third kappa shape index (κ3) is 18.1. The Labute approximate surface area is 243 Å². The Hall–Kier alpha value is -1.06. The Balaban J connectivity index is 2.06. The number of carbonyl (C=O) groups is 2. The lowest BCUT2D eigenvalue weighted by atomic mass is 9.86. The molecule has 39 heavy (non-hydrogen) atoms. The summed E-state index contributed by atoms with van der Waals surface area (Å²) >= 11 is 0. The van der Waals surface area contributed by atoms with Crippen LogP contribution in [0.2, 0.25) is 0 Å². The lowest BCUT2D eigenvalue weighted by Crippen LogP contribution is -2.40. The van der Waals surface area contributed by atoms with Crippen molar-refractivity contribution >= 4 is 11.9 Å². The fraction of sp³-hybridized carbons (Fsp3) is 0.943. The van der Waals surface area contributed by atoms with Gasteiger partial charge in [-0.05, 0) is 37.5 Å². The van der Waals surface area contributed by atoms with Crippen LogP contribution in [0.15, 0.2) is 0 Å². The number of ether oxygens (including phenoxy) is 2. The summed E-state index contributed by atoms with van der Waals surface area (Å²) in [6, 6.07) is 0. The zero-order chi connectivity index (χ0) is 28.6.